The highest BCUT2D eigenvalue weighted by Crippen LogP contribution is 2.15. The van der Waals surface area contributed by atoms with E-state index in [0.717, 1.165) is 37.6 Å². The van der Waals surface area contributed by atoms with Gasteiger partial charge in [-0.25, -0.2) is 0 Å². The molecule has 0 amide bonds. The number of nitrogen functional groups attached to an aromatic ring is 1. The summed E-state index contributed by atoms with van der Waals surface area (Å²) in [6, 6.07) is 4.25. The van der Waals surface area contributed by atoms with Crippen LogP contribution >= 0.6 is 0 Å². The molecule has 1 aromatic rings. The zero-order chi connectivity index (χ0) is 10.7. The Bertz CT molecular complexity index is 323. The van der Waals surface area contributed by atoms with Gasteiger partial charge in [0.15, 0.2) is 0 Å². The van der Waals surface area contributed by atoms with Crippen molar-refractivity contribution < 1.29 is 4.74 Å². The molecule has 1 atom stereocenters. The van der Waals surface area contributed by atoms with E-state index in [1.807, 2.05) is 12.1 Å². The summed E-state index contributed by atoms with van der Waals surface area (Å²) in [5.41, 5.74) is 7.56. The molecular formula is C11H17N3O. The van der Waals surface area contributed by atoms with Crippen molar-refractivity contribution in [2.75, 3.05) is 26.0 Å². The predicted octanol–water partition coefficient (Wildman–Crippen LogP) is 0.885. The zero-order valence-electron chi connectivity index (χ0n) is 9.02. The van der Waals surface area contributed by atoms with E-state index in [-0.39, 0.29) is 0 Å². The second kappa shape index (κ2) is 4.59. The molecule has 0 bridgehead atoms. The van der Waals surface area contributed by atoms with Crippen molar-refractivity contribution in [3.05, 3.63) is 24.0 Å². The molecule has 1 aliphatic rings. The van der Waals surface area contributed by atoms with Crippen molar-refractivity contribution in [2.45, 2.75) is 19.0 Å². The Hall–Kier alpha value is -1.13. The number of ether oxygens (including phenoxy) is 1. The molecule has 2 heterocycles. The van der Waals surface area contributed by atoms with Crippen LogP contribution in [0.3, 0.4) is 0 Å². The number of hydrogen-bond donors (Lipinski definition) is 1. The van der Waals surface area contributed by atoms with Gasteiger partial charge in [-0.1, -0.05) is 0 Å². The highest BCUT2D eigenvalue weighted by Gasteiger charge is 2.20. The van der Waals surface area contributed by atoms with Gasteiger partial charge < -0.3 is 10.5 Å². The molecule has 0 aliphatic carbocycles. The first-order valence-corrected chi connectivity index (χ1v) is 5.24. The summed E-state index contributed by atoms with van der Waals surface area (Å²) in [6.07, 6.45) is 2.88. The highest BCUT2D eigenvalue weighted by atomic mass is 16.5. The fourth-order valence-electron chi connectivity index (χ4n) is 1.82. The Balaban J connectivity index is 1.99. The first-order valence-electron chi connectivity index (χ1n) is 5.24. The van der Waals surface area contributed by atoms with E-state index in [0.29, 0.717) is 6.04 Å². The molecule has 2 rings (SSSR count). The van der Waals surface area contributed by atoms with Crippen molar-refractivity contribution in [3.63, 3.8) is 0 Å². The van der Waals surface area contributed by atoms with Gasteiger partial charge in [0.1, 0.15) is 0 Å². The van der Waals surface area contributed by atoms with Gasteiger partial charge in [-0.15, -0.1) is 0 Å². The normalized spacial score (nSPS) is 21.1. The molecule has 4 nitrogen and oxygen atoms in total. The van der Waals surface area contributed by atoms with E-state index >= 15 is 0 Å². The summed E-state index contributed by atoms with van der Waals surface area (Å²) in [6.45, 7) is 2.48. The summed E-state index contributed by atoms with van der Waals surface area (Å²) in [4.78, 5) is 6.54. The maximum Gasteiger partial charge on any atom is 0.0772 e. The van der Waals surface area contributed by atoms with Gasteiger partial charge >= 0.3 is 0 Å². The summed E-state index contributed by atoms with van der Waals surface area (Å²) in [7, 11) is 2.09. The van der Waals surface area contributed by atoms with E-state index in [9.17, 15) is 0 Å². The van der Waals surface area contributed by atoms with Crippen molar-refractivity contribution in [1.29, 1.82) is 0 Å². The van der Waals surface area contributed by atoms with Crippen LogP contribution in [0, 0.1) is 0 Å². The quantitative estimate of drug-likeness (QED) is 0.799. The fraction of sp³-hybridized carbons (Fsp3) is 0.545. The largest absolute Gasteiger partial charge is 0.397 e. The fourth-order valence-corrected chi connectivity index (χ4v) is 1.82. The first kappa shape index (κ1) is 10.4. The Morgan fingerprint density at radius 1 is 1.67 bits per heavy atom. The third-order valence-corrected chi connectivity index (χ3v) is 2.85. The molecule has 1 aromatic heterocycles. The third-order valence-electron chi connectivity index (χ3n) is 2.85. The molecule has 2 N–H and O–H groups in total. The van der Waals surface area contributed by atoms with Crippen LogP contribution in [-0.2, 0) is 11.3 Å². The number of likely N-dealkylation sites (N-methyl/N-ethyl adjacent to an activating group) is 1. The van der Waals surface area contributed by atoms with Crippen molar-refractivity contribution >= 4 is 5.69 Å². The van der Waals surface area contributed by atoms with Gasteiger partial charge in [-0.05, 0) is 25.6 Å². The molecule has 0 radical (unpaired) electrons. The second-order valence-electron chi connectivity index (χ2n) is 3.97. The highest BCUT2D eigenvalue weighted by molar-refractivity contribution is 5.41. The van der Waals surface area contributed by atoms with E-state index in [2.05, 4.69) is 16.9 Å². The smallest absolute Gasteiger partial charge is 0.0772 e. The van der Waals surface area contributed by atoms with E-state index < -0.39 is 0 Å². The van der Waals surface area contributed by atoms with Crippen LogP contribution in [0.2, 0.25) is 0 Å². The zero-order valence-corrected chi connectivity index (χ0v) is 9.02. The number of aromatic nitrogens is 1. The van der Waals surface area contributed by atoms with Crippen LogP contribution in [-0.4, -0.2) is 36.2 Å². The molecule has 0 saturated carbocycles. The number of hydrogen-bond acceptors (Lipinski definition) is 4. The van der Waals surface area contributed by atoms with E-state index in [1.54, 1.807) is 6.20 Å². The molecule has 0 spiro atoms. The topological polar surface area (TPSA) is 51.4 Å². The molecular weight excluding hydrogens is 190 g/mol. The van der Waals surface area contributed by atoms with Crippen LogP contribution in [0.1, 0.15) is 12.1 Å². The van der Waals surface area contributed by atoms with Gasteiger partial charge in [0, 0.05) is 25.4 Å². The second-order valence-corrected chi connectivity index (χ2v) is 3.97. The molecule has 1 unspecified atom stereocenters. The summed E-state index contributed by atoms with van der Waals surface area (Å²) >= 11 is 0. The summed E-state index contributed by atoms with van der Waals surface area (Å²) in [5.74, 6) is 0. The van der Waals surface area contributed by atoms with Gasteiger partial charge in [-0.2, -0.15) is 0 Å². The van der Waals surface area contributed by atoms with Gasteiger partial charge in [0.25, 0.3) is 0 Å². The molecule has 1 saturated heterocycles. The molecule has 1 fully saturated rings. The maximum absolute atomic E-state index is 5.85. The van der Waals surface area contributed by atoms with Crippen molar-refractivity contribution in [1.82, 2.24) is 9.88 Å². The van der Waals surface area contributed by atoms with Gasteiger partial charge in [0.05, 0.1) is 18.0 Å². The Labute approximate surface area is 90.0 Å². The first-order chi connectivity index (χ1) is 7.27. The minimum absolute atomic E-state index is 0.506. The Kier molecular flexibility index (Phi) is 3.18. The number of anilines is 1. The maximum atomic E-state index is 5.85. The Morgan fingerprint density at radius 3 is 3.20 bits per heavy atom. The third kappa shape index (κ3) is 2.46. The van der Waals surface area contributed by atoms with Crippen LogP contribution in [0.15, 0.2) is 18.3 Å². The summed E-state index contributed by atoms with van der Waals surface area (Å²) in [5, 5.41) is 0. The number of nitrogens with two attached hydrogens (primary N) is 1. The average Bonchev–Trinajstić information content (AvgIpc) is 2.74. The minimum atomic E-state index is 0.506. The lowest BCUT2D eigenvalue weighted by atomic mass is 10.2. The Morgan fingerprint density at radius 2 is 2.53 bits per heavy atom. The lowest BCUT2D eigenvalue weighted by Crippen LogP contribution is -2.31. The minimum Gasteiger partial charge on any atom is -0.397 e. The number of rotatable bonds is 3. The lowest BCUT2D eigenvalue weighted by Gasteiger charge is -2.22. The summed E-state index contributed by atoms with van der Waals surface area (Å²) < 4.78 is 5.35. The van der Waals surface area contributed by atoms with Gasteiger partial charge in [-0.3, -0.25) is 9.88 Å². The van der Waals surface area contributed by atoms with Gasteiger partial charge in [0.2, 0.25) is 0 Å². The average molecular weight is 207 g/mol. The van der Waals surface area contributed by atoms with Crippen LogP contribution in [0.5, 0.6) is 0 Å². The number of nitrogens with zero attached hydrogens (tertiary/aromatic N) is 2. The standard InChI is InChI=1S/C11H17N3O/c1-14(9-4-6-15-8-9)7-11-10(12)3-2-5-13-11/h2-3,5,9H,4,6-8,12H2,1H3. The van der Waals surface area contributed by atoms with Crippen LogP contribution in [0.25, 0.3) is 0 Å². The molecule has 4 heteroatoms. The lowest BCUT2D eigenvalue weighted by molar-refractivity contribution is 0.156. The molecule has 15 heavy (non-hydrogen) atoms. The predicted molar refractivity (Wildman–Crippen MR) is 59.3 cm³/mol. The van der Waals surface area contributed by atoms with Crippen LogP contribution < -0.4 is 5.73 Å². The molecule has 0 aromatic carbocycles. The van der Waals surface area contributed by atoms with Crippen molar-refractivity contribution in [3.8, 4) is 0 Å². The number of pyridine rings is 1. The van der Waals surface area contributed by atoms with Crippen molar-refractivity contribution in [2.24, 2.45) is 0 Å². The SMILES string of the molecule is CN(Cc1ncccc1N)C1CCOC1. The monoisotopic (exact) mass is 207 g/mol. The van der Waals surface area contributed by atoms with E-state index in [4.69, 9.17) is 10.5 Å². The molecule has 1 aliphatic heterocycles. The van der Waals surface area contributed by atoms with E-state index in [1.165, 1.54) is 0 Å². The molecule has 82 valence electrons. The van der Waals surface area contributed by atoms with Crippen LogP contribution in [0.4, 0.5) is 5.69 Å².